The van der Waals surface area contributed by atoms with Gasteiger partial charge in [0.25, 0.3) is 0 Å². The van der Waals surface area contributed by atoms with Crippen molar-refractivity contribution < 1.29 is 18.0 Å². The van der Waals surface area contributed by atoms with Gasteiger partial charge in [-0.3, -0.25) is 0 Å². The summed E-state index contributed by atoms with van der Waals surface area (Å²) in [5, 5.41) is 0. The molecule has 13 heavy (non-hydrogen) atoms. The van der Waals surface area contributed by atoms with Crippen molar-refractivity contribution in [1.82, 2.24) is 0 Å². The van der Waals surface area contributed by atoms with Crippen LogP contribution in [0.5, 0.6) is 0 Å². The fraction of sp³-hybridized carbons (Fsp3) is 0.375. The van der Waals surface area contributed by atoms with E-state index in [2.05, 4.69) is 0 Å². The van der Waals surface area contributed by atoms with Gasteiger partial charge in [0.2, 0.25) is 0 Å². The van der Waals surface area contributed by atoms with Gasteiger partial charge in [0, 0.05) is 10.8 Å². The Morgan fingerprint density at radius 3 is 2.46 bits per heavy atom. The smallest absolute Gasteiger partial charge is 0.303 e. The van der Waals surface area contributed by atoms with E-state index in [1.165, 1.54) is 6.07 Å². The van der Waals surface area contributed by atoms with Gasteiger partial charge >= 0.3 is 6.18 Å². The Labute approximate surface area is 77.2 Å². The first-order valence-electron chi connectivity index (χ1n) is 3.57. The molecule has 0 saturated heterocycles. The monoisotopic (exact) mass is 208 g/mol. The maximum atomic E-state index is 12.1. The van der Waals surface area contributed by atoms with Crippen molar-refractivity contribution in [2.75, 3.05) is 0 Å². The first kappa shape index (κ1) is 10.2. The summed E-state index contributed by atoms with van der Waals surface area (Å²) in [7, 11) is 0. The van der Waals surface area contributed by atoms with E-state index in [0.717, 1.165) is 6.07 Å². The van der Waals surface area contributed by atoms with Gasteiger partial charge in [0.1, 0.15) is 11.2 Å². The second kappa shape index (κ2) is 3.49. The van der Waals surface area contributed by atoms with Crippen LogP contribution in [0.3, 0.4) is 0 Å². The number of alkyl halides is 3. The number of rotatable bonds is 2. The Hall–Kier alpha value is -0.840. The molecule has 0 aliphatic heterocycles. The highest BCUT2D eigenvalue weighted by Gasteiger charge is 2.32. The number of carbonyl (C=O) groups is 1. The summed E-state index contributed by atoms with van der Waals surface area (Å²) in [6.07, 6.45) is -3.67. The summed E-state index contributed by atoms with van der Waals surface area (Å²) in [5.74, 6) is -0.457. The normalized spacial score (nSPS) is 14.2. The van der Waals surface area contributed by atoms with Crippen LogP contribution in [0.25, 0.3) is 0 Å². The standard InChI is InChI=1S/C8H7F3OS/c1-5(4-12)6-2-3-7(13-6)8(9,10)11/h2-5H,1H3. The molecule has 1 aromatic rings. The first-order chi connectivity index (χ1) is 5.95. The molecule has 0 amide bonds. The molecule has 1 aromatic heterocycles. The molecule has 1 unspecified atom stereocenters. The lowest BCUT2D eigenvalue weighted by Gasteiger charge is -2.01. The molecule has 0 aliphatic carbocycles. The molecular weight excluding hydrogens is 201 g/mol. The molecule has 0 bridgehead atoms. The maximum absolute atomic E-state index is 12.1. The fourth-order valence-corrected chi connectivity index (χ4v) is 1.70. The van der Waals surface area contributed by atoms with Gasteiger partial charge in [-0.15, -0.1) is 11.3 Å². The number of hydrogen-bond acceptors (Lipinski definition) is 2. The van der Waals surface area contributed by atoms with Crippen LogP contribution in [0, 0.1) is 0 Å². The summed E-state index contributed by atoms with van der Waals surface area (Å²) in [6, 6.07) is 2.34. The quantitative estimate of drug-likeness (QED) is 0.682. The Balaban J connectivity index is 2.93. The van der Waals surface area contributed by atoms with Crippen molar-refractivity contribution in [3.63, 3.8) is 0 Å². The lowest BCUT2D eigenvalue weighted by atomic mass is 10.2. The van der Waals surface area contributed by atoms with Crippen LogP contribution in [0.15, 0.2) is 12.1 Å². The lowest BCUT2D eigenvalue weighted by Crippen LogP contribution is -2.00. The molecule has 0 spiro atoms. The molecule has 0 fully saturated rings. The lowest BCUT2D eigenvalue weighted by molar-refractivity contribution is -0.134. The van der Waals surface area contributed by atoms with E-state index in [1.807, 2.05) is 0 Å². The fourth-order valence-electron chi connectivity index (χ4n) is 0.817. The SMILES string of the molecule is CC(C=O)c1ccc(C(F)(F)F)s1. The summed E-state index contributed by atoms with van der Waals surface area (Å²) >= 11 is 0.616. The van der Waals surface area contributed by atoms with Crippen molar-refractivity contribution in [2.45, 2.75) is 19.0 Å². The predicted molar refractivity (Wildman–Crippen MR) is 43.8 cm³/mol. The third kappa shape index (κ3) is 2.30. The molecule has 1 nitrogen and oxygen atoms in total. The molecule has 1 rings (SSSR count). The molecule has 0 aromatic carbocycles. The number of aldehydes is 1. The predicted octanol–water partition coefficient (Wildman–Crippen LogP) is 3.07. The van der Waals surface area contributed by atoms with Gasteiger partial charge < -0.3 is 4.79 Å². The first-order valence-corrected chi connectivity index (χ1v) is 4.39. The highest BCUT2D eigenvalue weighted by atomic mass is 32.1. The molecule has 0 aliphatic rings. The molecular formula is C8H7F3OS. The summed E-state index contributed by atoms with van der Waals surface area (Å²) in [5.41, 5.74) is 0. The van der Waals surface area contributed by atoms with Gasteiger partial charge in [-0.2, -0.15) is 13.2 Å². The maximum Gasteiger partial charge on any atom is 0.425 e. The van der Waals surface area contributed by atoms with Crippen molar-refractivity contribution in [3.8, 4) is 0 Å². The Morgan fingerprint density at radius 1 is 1.46 bits per heavy atom. The van der Waals surface area contributed by atoms with Gasteiger partial charge in [-0.05, 0) is 12.1 Å². The highest BCUT2D eigenvalue weighted by Crippen LogP contribution is 2.36. The van der Waals surface area contributed by atoms with Crippen molar-refractivity contribution >= 4 is 17.6 Å². The number of hydrogen-bond donors (Lipinski definition) is 0. The van der Waals surface area contributed by atoms with Crippen molar-refractivity contribution in [3.05, 3.63) is 21.9 Å². The van der Waals surface area contributed by atoms with Gasteiger partial charge in [0.15, 0.2) is 0 Å². The van der Waals surface area contributed by atoms with E-state index in [-0.39, 0.29) is 0 Å². The van der Waals surface area contributed by atoms with Crippen LogP contribution in [0.4, 0.5) is 13.2 Å². The third-order valence-corrected chi connectivity index (χ3v) is 2.89. The Bertz CT molecular complexity index is 303. The van der Waals surface area contributed by atoms with Gasteiger partial charge in [-0.1, -0.05) is 6.92 Å². The molecule has 0 N–H and O–H groups in total. The van der Waals surface area contributed by atoms with Gasteiger partial charge in [-0.25, -0.2) is 0 Å². The molecule has 1 atom stereocenters. The van der Waals surface area contributed by atoms with E-state index in [0.29, 0.717) is 22.5 Å². The molecule has 0 radical (unpaired) electrons. The van der Waals surface area contributed by atoms with Crippen LogP contribution in [0.2, 0.25) is 0 Å². The highest BCUT2D eigenvalue weighted by molar-refractivity contribution is 7.12. The van der Waals surface area contributed by atoms with Crippen LogP contribution in [-0.2, 0) is 11.0 Å². The van der Waals surface area contributed by atoms with E-state index in [1.54, 1.807) is 6.92 Å². The van der Waals surface area contributed by atoms with E-state index in [4.69, 9.17) is 0 Å². The largest absolute Gasteiger partial charge is 0.425 e. The molecule has 0 saturated carbocycles. The zero-order valence-electron chi connectivity index (χ0n) is 6.76. The summed E-state index contributed by atoms with van der Waals surface area (Å²) in [6.45, 7) is 1.57. The third-order valence-electron chi connectivity index (χ3n) is 1.56. The minimum Gasteiger partial charge on any atom is -0.303 e. The van der Waals surface area contributed by atoms with E-state index >= 15 is 0 Å². The van der Waals surface area contributed by atoms with Crippen molar-refractivity contribution in [2.24, 2.45) is 0 Å². The number of carbonyl (C=O) groups excluding carboxylic acids is 1. The van der Waals surface area contributed by atoms with Crippen molar-refractivity contribution in [1.29, 1.82) is 0 Å². The second-order valence-electron chi connectivity index (χ2n) is 2.62. The number of thiophene rings is 1. The van der Waals surface area contributed by atoms with Crippen LogP contribution >= 0.6 is 11.3 Å². The second-order valence-corrected chi connectivity index (χ2v) is 3.74. The zero-order chi connectivity index (χ0) is 10.1. The number of halogens is 3. The average Bonchev–Trinajstić information content (AvgIpc) is 2.50. The molecule has 5 heteroatoms. The minimum atomic E-state index is -4.30. The van der Waals surface area contributed by atoms with Crippen LogP contribution in [0.1, 0.15) is 22.6 Å². The van der Waals surface area contributed by atoms with Crippen LogP contribution < -0.4 is 0 Å². The van der Waals surface area contributed by atoms with Gasteiger partial charge in [0.05, 0.1) is 0 Å². The Morgan fingerprint density at radius 2 is 2.08 bits per heavy atom. The summed E-state index contributed by atoms with van der Waals surface area (Å²) < 4.78 is 36.3. The average molecular weight is 208 g/mol. The molecule has 1 heterocycles. The van der Waals surface area contributed by atoms with E-state index < -0.39 is 17.0 Å². The van der Waals surface area contributed by atoms with Crippen LogP contribution in [-0.4, -0.2) is 6.29 Å². The Kier molecular flexibility index (Phi) is 2.75. The summed E-state index contributed by atoms with van der Waals surface area (Å²) in [4.78, 5) is 10.1. The molecule has 72 valence electrons. The zero-order valence-corrected chi connectivity index (χ0v) is 7.58. The minimum absolute atomic E-state index is 0.447. The van der Waals surface area contributed by atoms with E-state index in [9.17, 15) is 18.0 Å². The topological polar surface area (TPSA) is 17.1 Å².